The molecule has 0 spiro atoms. The number of anilines is 2. The molecule has 132 valence electrons. The minimum absolute atomic E-state index is 0.227. The van der Waals surface area contributed by atoms with Crippen LogP contribution >= 0.6 is 0 Å². The number of hydrogen-bond acceptors (Lipinski definition) is 4. The molecule has 0 atom stereocenters. The van der Waals surface area contributed by atoms with Crippen molar-refractivity contribution >= 4 is 17.4 Å². The van der Waals surface area contributed by atoms with Crippen LogP contribution in [-0.4, -0.2) is 22.6 Å². The van der Waals surface area contributed by atoms with Gasteiger partial charge in [-0.05, 0) is 49.2 Å². The van der Waals surface area contributed by atoms with Gasteiger partial charge in [0.05, 0.1) is 0 Å². The third-order valence-corrected chi connectivity index (χ3v) is 4.24. The quantitative estimate of drug-likeness (QED) is 0.736. The van der Waals surface area contributed by atoms with E-state index in [0.717, 1.165) is 23.4 Å². The molecule has 0 bridgehead atoms. The van der Waals surface area contributed by atoms with E-state index in [0.29, 0.717) is 18.1 Å². The molecule has 2 aromatic carbocycles. The average molecular weight is 346 g/mol. The van der Waals surface area contributed by atoms with Crippen molar-refractivity contribution in [3.05, 3.63) is 83.6 Å². The van der Waals surface area contributed by atoms with Gasteiger partial charge in [0.25, 0.3) is 5.91 Å². The Balaban J connectivity index is 1.68. The van der Waals surface area contributed by atoms with Crippen molar-refractivity contribution in [3.8, 4) is 0 Å². The Morgan fingerprint density at radius 2 is 1.69 bits per heavy atom. The molecule has 1 N–H and O–H groups in total. The van der Waals surface area contributed by atoms with Crippen LogP contribution in [0.4, 0.5) is 11.5 Å². The van der Waals surface area contributed by atoms with Gasteiger partial charge in [0.15, 0.2) is 11.5 Å². The van der Waals surface area contributed by atoms with Crippen LogP contribution in [0.15, 0.2) is 66.7 Å². The van der Waals surface area contributed by atoms with Crippen LogP contribution in [0.3, 0.4) is 0 Å². The van der Waals surface area contributed by atoms with Gasteiger partial charge in [-0.15, -0.1) is 10.2 Å². The van der Waals surface area contributed by atoms with Crippen molar-refractivity contribution in [2.75, 3.05) is 11.4 Å². The van der Waals surface area contributed by atoms with Gasteiger partial charge in [-0.3, -0.25) is 4.79 Å². The predicted octanol–water partition coefficient (Wildman–Crippen LogP) is 3.87. The van der Waals surface area contributed by atoms with E-state index >= 15 is 0 Å². The van der Waals surface area contributed by atoms with Crippen LogP contribution in [0.1, 0.15) is 28.5 Å². The number of rotatable bonds is 6. The number of nitrogens with zero attached hydrogens (tertiary/aromatic N) is 3. The van der Waals surface area contributed by atoms with E-state index in [1.807, 2.05) is 72.5 Å². The fourth-order valence-electron chi connectivity index (χ4n) is 2.75. The van der Waals surface area contributed by atoms with Gasteiger partial charge in [-0.25, -0.2) is 0 Å². The second-order valence-electron chi connectivity index (χ2n) is 5.97. The van der Waals surface area contributed by atoms with Crippen LogP contribution in [-0.2, 0) is 6.54 Å². The van der Waals surface area contributed by atoms with Crippen LogP contribution in [0.25, 0.3) is 0 Å². The number of para-hydroxylation sites is 1. The summed E-state index contributed by atoms with van der Waals surface area (Å²) in [6, 6.07) is 21.5. The molecule has 3 aromatic rings. The van der Waals surface area contributed by atoms with E-state index in [9.17, 15) is 4.79 Å². The molecule has 1 heterocycles. The first-order valence-electron chi connectivity index (χ1n) is 8.68. The normalized spacial score (nSPS) is 10.4. The van der Waals surface area contributed by atoms with E-state index in [4.69, 9.17) is 0 Å². The maximum absolute atomic E-state index is 12.3. The highest BCUT2D eigenvalue weighted by atomic mass is 16.1. The lowest BCUT2D eigenvalue weighted by atomic mass is 10.1. The van der Waals surface area contributed by atoms with Gasteiger partial charge < -0.3 is 10.2 Å². The molecule has 0 unspecified atom stereocenters. The predicted molar refractivity (Wildman–Crippen MR) is 104 cm³/mol. The standard InChI is InChI=1S/C21H22N4O/c1-3-25(18-11-5-4-6-12-18)20-14-13-19(23-24-20)21(26)22-15-17-10-8-7-9-16(17)2/h4-14H,3,15H2,1-2H3,(H,22,26). The first-order valence-corrected chi connectivity index (χ1v) is 8.68. The molecule has 1 aromatic heterocycles. The minimum Gasteiger partial charge on any atom is -0.347 e. The van der Waals surface area contributed by atoms with Gasteiger partial charge >= 0.3 is 0 Å². The number of carbonyl (C=O) groups is 1. The number of nitrogens with one attached hydrogen (secondary N) is 1. The Kier molecular flexibility index (Phi) is 5.59. The minimum atomic E-state index is -0.227. The molecule has 26 heavy (non-hydrogen) atoms. The zero-order valence-corrected chi connectivity index (χ0v) is 15.0. The summed E-state index contributed by atoms with van der Waals surface area (Å²) in [5.74, 6) is 0.490. The smallest absolute Gasteiger partial charge is 0.272 e. The SMILES string of the molecule is CCN(c1ccccc1)c1ccc(C(=O)NCc2ccccc2C)nn1. The fourth-order valence-corrected chi connectivity index (χ4v) is 2.75. The molecule has 0 fully saturated rings. The van der Waals surface area contributed by atoms with Crippen molar-refractivity contribution in [1.29, 1.82) is 0 Å². The lowest BCUT2D eigenvalue weighted by Gasteiger charge is -2.21. The zero-order valence-electron chi connectivity index (χ0n) is 15.0. The molecule has 5 heteroatoms. The number of hydrogen-bond donors (Lipinski definition) is 1. The molecule has 0 radical (unpaired) electrons. The second kappa shape index (κ2) is 8.25. The van der Waals surface area contributed by atoms with Crippen LogP contribution in [0.5, 0.6) is 0 Å². The number of carbonyl (C=O) groups excluding carboxylic acids is 1. The molecule has 1 amide bonds. The highest BCUT2D eigenvalue weighted by molar-refractivity contribution is 5.92. The van der Waals surface area contributed by atoms with E-state index < -0.39 is 0 Å². The zero-order chi connectivity index (χ0) is 18.4. The molecule has 0 saturated carbocycles. The molecule has 5 nitrogen and oxygen atoms in total. The average Bonchev–Trinajstić information content (AvgIpc) is 2.69. The summed E-state index contributed by atoms with van der Waals surface area (Å²) >= 11 is 0. The second-order valence-corrected chi connectivity index (χ2v) is 5.97. The Hall–Kier alpha value is -3.21. The Bertz CT molecular complexity index is 863. The van der Waals surface area contributed by atoms with E-state index in [-0.39, 0.29) is 5.91 Å². The molecule has 0 aliphatic rings. The summed E-state index contributed by atoms with van der Waals surface area (Å²) in [6.07, 6.45) is 0. The number of aryl methyl sites for hydroxylation is 1. The molecular formula is C21H22N4O. The molecule has 0 aliphatic carbocycles. The summed E-state index contributed by atoms with van der Waals surface area (Å²) in [5.41, 5.74) is 3.59. The van der Waals surface area contributed by atoms with E-state index in [1.54, 1.807) is 6.07 Å². The molecule has 0 aliphatic heterocycles. The maximum Gasteiger partial charge on any atom is 0.272 e. The first kappa shape index (κ1) is 17.6. The van der Waals surface area contributed by atoms with E-state index in [1.165, 1.54) is 0 Å². The third kappa shape index (κ3) is 4.06. The van der Waals surface area contributed by atoms with Gasteiger partial charge in [0, 0.05) is 18.8 Å². The summed E-state index contributed by atoms with van der Waals surface area (Å²) in [5, 5.41) is 11.2. The highest BCUT2D eigenvalue weighted by Crippen LogP contribution is 2.22. The van der Waals surface area contributed by atoms with Crippen LogP contribution in [0.2, 0.25) is 0 Å². The van der Waals surface area contributed by atoms with Gasteiger partial charge in [0.2, 0.25) is 0 Å². The summed E-state index contributed by atoms with van der Waals surface area (Å²) in [7, 11) is 0. The van der Waals surface area contributed by atoms with E-state index in [2.05, 4.69) is 22.4 Å². The van der Waals surface area contributed by atoms with Crippen molar-refractivity contribution in [2.45, 2.75) is 20.4 Å². The lowest BCUT2D eigenvalue weighted by molar-refractivity contribution is 0.0945. The number of amides is 1. The van der Waals surface area contributed by atoms with Crippen molar-refractivity contribution in [2.24, 2.45) is 0 Å². The Labute approximate surface area is 153 Å². The summed E-state index contributed by atoms with van der Waals surface area (Å²) in [6.45, 7) is 5.31. The Morgan fingerprint density at radius 3 is 2.35 bits per heavy atom. The van der Waals surface area contributed by atoms with Crippen LogP contribution in [0, 0.1) is 6.92 Å². The van der Waals surface area contributed by atoms with Gasteiger partial charge in [-0.1, -0.05) is 42.5 Å². The summed E-state index contributed by atoms with van der Waals surface area (Å²) < 4.78 is 0. The van der Waals surface area contributed by atoms with Crippen molar-refractivity contribution in [1.82, 2.24) is 15.5 Å². The largest absolute Gasteiger partial charge is 0.347 e. The third-order valence-electron chi connectivity index (χ3n) is 4.24. The Morgan fingerprint density at radius 1 is 0.962 bits per heavy atom. The maximum atomic E-state index is 12.3. The summed E-state index contributed by atoms with van der Waals surface area (Å²) in [4.78, 5) is 14.4. The topological polar surface area (TPSA) is 58.1 Å². The fraction of sp³-hybridized carbons (Fsp3) is 0.190. The highest BCUT2D eigenvalue weighted by Gasteiger charge is 2.12. The molecular weight excluding hydrogens is 324 g/mol. The first-order chi connectivity index (χ1) is 12.7. The molecule has 3 rings (SSSR count). The lowest BCUT2D eigenvalue weighted by Crippen LogP contribution is -2.25. The van der Waals surface area contributed by atoms with Crippen LogP contribution < -0.4 is 10.2 Å². The molecule has 0 saturated heterocycles. The van der Waals surface area contributed by atoms with Crippen molar-refractivity contribution in [3.63, 3.8) is 0 Å². The van der Waals surface area contributed by atoms with Crippen molar-refractivity contribution < 1.29 is 4.79 Å². The van der Waals surface area contributed by atoms with Gasteiger partial charge in [0.1, 0.15) is 0 Å². The monoisotopic (exact) mass is 346 g/mol. The number of aromatic nitrogens is 2. The van der Waals surface area contributed by atoms with Gasteiger partial charge in [-0.2, -0.15) is 0 Å². The number of benzene rings is 2.